The number of carboxylic acid groups (broad SMARTS) is 1. The Kier molecular flexibility index (Phi) is 8.29. The molecule has 0 aliphatic heterocycles. The molecule has 1 fully saturated rings. The summed E-state index contributed by atoms with van der Waals surface area (Å²) in [6.45, 7) is 3.68. The van der Waals surface area contributed by atoms with E-state index in [1.165, 1.54) is 0 Å². The topological polar surface area (TPSA) is 105 Å². The van der Waals surface area contributed by atoms with Gasteiger partial charge in [-0.15, -0.1) is 0 Å². The van der Waals surface area contributed by atoms with E-state index in [1.54, 1.807) is 13.8 Å². The molecule has 3 N–H and O–H groups in total. The molecule has 1 aromatic rings. The SMILES string of the molecule is CC(C)[C@H](NC(=O)OCc1ccccc1)C(=O)N[C@H](C(=O)O)C1CCCCC1. The maximum absolute atomic E-state index is 12.7. The van der Waals surface area contributed by atoms with Crippen LogP contribution in [-0.2, 0) is 20.9 Å². The minimum Gasteiger partial charge on any atom is -0.480 e. The second-order valence-corrected chi connectivity index (χ2v) is 7.65. The lowest BCUT2D eigenvalue weighted by atomic mass is 9.83. The molecule has 2 rings (SSSR count). The standard InChI is InChI=1S/C21H30N2O5/c1-14(2)17(23-21(27)28-13-15-9-5-3-6-10-15)19(24)22-18(20(25)26)16-11-7-4-8-12-16/h3,5-6,9-10,14,16-18H,4,7-8,11-13H2,1-2H3,(H,22,24)(H,23,27)(H,25,26)/t17-,18-/m0/s1. The Balaban J connectivity index is 1.94. The quantitative estimate of drug-likeness (QED) is 0.633. The smallest absolute Gasteiger partial charge is 0.408 e. The fraction of sp³-hybridized carbons (Fsp3) is 0.571. The number of amides is 2. The summed E-state index contributed by atoms with van der Waals surface area (Å²) in [4.78, 5) is 36.5. The maximum atomic E-state index is 12.7. The Morgan fingerprint density at radius 3 is 2.29 bits per heavy atom. The summed E-state index contributed by atoms with van der Waals surface area (Å²) in [5.74, 6) is -1.82. The van der Waals surface area contributed by atoms with E-state index in [2.05, 4.69) is 10.6 Å². The van der Waals surface area contributed by atoms with Crippen molar-refractivity contribution in [2.24, 2.45) is 11.8 Å². The molecule has 7 nitrogen and oxygen atoms in total. The zero-order valence-electron chi connectivity index (χ0n) is 16.5. The molecule has 2 amide bonds. The molecule has 0 heterocycles. The number of rotatable bonds is 8. The van der Waals surface area contributed by atoms with Gasteiger partial charge in [0.25, 0.3) is 0 Å². The summed E-state index contributed by atoms with van der Waals surface area (Å²) in [7, 11) is 0. The second kappa shape index (κ2) is 10.7. The van der Waals surface area contributed by atoms with E-state index in [0.717, 1.165) is 37.7 Å². The van der Waals surface area contributed by atoms with E-state index in [9.17, 15) is 19.5 Å². The highest BCUT2D eigenvalue weighted by atomic mass is 16.5. The van der Waals surface area contributed by atoms with Gasteiger partial charge in [-0.3, -0.25) is 4.79 Å². The summed E-state index contributed by atoms with van der Waals surface area (Å²) in [6.07, 6.45) is 3.92. The van der Waals surface area contributed by atoms with Crippen molar-refractivity contribution in [2.75, 3.05) is 0 Å². The molecule has 0 radical (unpaired) electrons. The molecular weight excluding hydrogens is 360 g/mol. The van der Waals surface area contributed by atoms with E-state index >= 15 is 0 Å². The predicted octanol–water partition coefficient (Wildman–Crippen LogP) is 3.09. The first-order valence-electron chi connectivity index (χ1n) is 9.89. The Morgan fingerprint density at radius 2 is 1.71 bits per heavy atom. The highest BCUT2D eigenvalue weighted by Crippen LogP contribution is 2.26. The molecule has 0 spiro atoms. The highest BCUT2D eigenvalue weighted by molar-refractivity contribution is 5.89. The van der Waals surface area contributed by atoms with Crippen LogP contribution < -0.4 is 10.6 Å². The number of nitrogens with one attached hydrogen (secondary N) is 2. The van der Waals surface area contributed by atoms with Gasteiger partial charge >= 0.3 is 12.1 Å². The van der Waals surface area contributed by atoms with Crippen LogP contribution in [0.5, 0.6) is 0 Å². The van der Waals surface area contributed by atoms with E-state index in [0.29, 0.717) is 0 Å². The maximum Gasteiger partial charge on any atom is 0.408 e. The molecule has 1 aromatic carbocycles. The fourth-order valence-electron chi connectivity index (χ4n) is 3.52. The van der Waals surface area contributed by atoms with E-state index in [4.69, 9.17) is 4.74 Å². The van der Waals surface area contributed by atoms with Gasteiger partial charge in [-0.25, -0.2) is 9.59 Å². The van der Waals surface area contributed by atoms with Crippen LogP contribution in [-0.4, -0.2) is 35.2 Å². The van der Waals surface area contributed by atoms with Crippen LogP contribution in [0.15, 0.2) is 30.3 Å². The largest absolute Gasteiger partial charge is 0.480 e. The molecule has 0 aromatic heterocycles. The molecular formula is C21H30N2O5. The van der Waals surface area contributed by atoms with E-state index in [-0.39, 0.29) is 18.4 Å². The summed E-state index contributed by atoms with van der Waals surface area (Å²) in [6, 6.07) is 7.43. The number of alkyl carbamates (subject to hydrolysis) is 1. The van der Waals surface area contributed by atoms with E-state index in [1.807, 2.05) is 30.3 Å². The Hall–Kier alpha value is -2.57. The lowest BCUT2D eigenvalue weighted by molar-refractivity contribution is -0.144. The summed E-state index contributed by atoms with van der Waals surface area (Å²) in [5, 5.41) is 14.8. The van der Waals surface area contributed by atoms with Crippen LogP contribution in [0.1, 0.15) is 51.5 Å². The minimum atomic E-state index is -1.03. The molecule has 0 saturated heterocycles. The van der Waals surface area contributed by atoms with Gasteiger partial charge < -0.3 is 20.5 Å². The molecule has 154 valence electrons. The number of aliphatic carboxylic acids is 1. The van der Waals surface area contributed by atoms with Crippen molar-refractivity contribution in [3.63, 3.8) is 0 Å². The zero-order chi connectivity index (χ0) is 20.5. The third-order valence-electron chi connectivity index (χ3n) is 5.12. The van der Waals surface area contributed by atoms with Gasteiger partial charge in [0.2, 0.25) is 5.91 Å². The second-order valence-electron chi connectivity index (χ2n) is 7.65. The first-order chi connectivity index (χ1) is 13.4. The van der Waals surface area contributed by atoms with Crippen molar-refractivity contribution in [1.82, 2.24) is 10.6 Å². The Morgan fingerprint density at radius 1 is 1.07 bits per heavy atom. The van der Waals surface area contributed by atoms with Gasteiger partial charge in [0, 0.05) is 0 Å². The molecule has 1 aliphatic rings. The van der Waals surface area contributed by atoms with Gasteiger partial charge in [0.15, 0.2) is 0 Å². The van der Waals surface area contributed by atoms with Crippen molar-refractivity contribution in [3.05, 3.63) is 35.9 Å². The number of carbonyl (C=O) groups excluding carboxylic acids is 2. The predicted molar refractivity (Wildman–Crippen MR) is 105 cm³/mol. The van der Waals surface area contributed by atoms with Crippen molar-refractivity contribution in [2.45, 2.75) is 64.6 Å². The average Bonchev–Trinajstić information content (AvgIpc) is 2.69. The first-order valence-corrected chi connectivity index (χ1v) is 9.89. The van der Waals surface area contributed by atoms with Crippen LogP contribution in [0.3, 0.4) is 0 Å². The van der Waals surface area contributed by atoms with Crippen LogP contribution in [0.2, 0.25) is 0 Å². The number of carboxylic acids is 1. The molecule has 1 aliphatic carbocycles. The van der Waals surface area contributed by atoms with Crippen LogP contribution in [0, 0.1) is 11.8 Å². The fourth-order valence-corrected chi connectivity index (χ4v) is 3.52. The third-order valence-corrected chi connectivity index (χ3v) is 5.12. The summed E-state index contributed by atoms with van der Waals surface area (Å²) >= 11 is 0. The minimum absolute atomic E-state index is 0.0759. The number of hydrogen-bond acceptors (Lipinski definition) is 4. The van der Waals surface area contributed by atoms with Gasteiger partial charge in [0.05, 0.1) is 0 Å². The number of benzene rings is 1. The van der Waals surface area contributed by atoms with Crippen molar-refractivity contribution >= 4 is 18.0 Å². The van der Waals surface area contributed by atoms with Crippen LogP contribution in [0.4, 0.5) is 4.79 Å². The van der Waals surface area contributed by atoms with Gasteiger partial charge in [0.1, 0.15) is 18.7 Å². The normalized spacial score (nSPS) is 16.8. The van der Waals surface area contributed by atoms with Gasteiger partial charge in [-0.1, -0.05) is 63.4 Å². The first kappa shape index (κ1) is 21.7. The zero-order valence-corrected chi connectivity index (χ0v) is 16.5. The molecule has 28 heavy (non-hydrogen) atoms. The van der Waals surface area contributed by atoms with Crippen LogP contribution in [0.25, 0.3) is 0 Å². The monoisotopic (exact) mass is 390 g/mol. The van der Waals surface area contributed by atoms with Crippen molar-refractivity contribution < 1.29 is 24.2 Å². The lowest BCUT2D eigenvalue weighted by Crippen LogP contribution is -2.55. The molecule has 1 saturated carbocycles. The van der Waals surface area contributed by atoms with E-state index < -0.39 is 30.1 Å². The molecule has 2 atom stereocenters. The number of hydrogen-bond donors (Lipinski definition) is 3. The van der Waals surface area contributed by atoms with Crippen LogP contribution >= 0.6 is 0 Å². The summed E-state index contributed by atoms with van der Waals surface area (Å²) in [5.41, 5.74) is 0.839. The van der Waals surface area contributed by atoms with Crippen molar-refractivity contribution in [3.8, 4) is 0 Å². The summed E-state index contributed by atoms with van der Waals surface area (Å²) < 4.78 is 5.18. The highest BCUT2D eigenvalue weighted by Gasteiger charge is 2.34. The van der Waals surface area contributed by atoms with Gasteiger partial charge in [-0.05, 0) is 30.2 Å². The molecule has 0 bridgehead atoms. The average molecular weight is 390 g/mol. The number of ether oxygens (including phenoxy) is 1. The number of carbonyl (C=O) groups is 3. The molecule has 7 heteroatoms. The Labute approximate surface area is 165 Å². The van der Waals surface area contributed by atoms with Gasteiger partial charge in [-0.2, -0.15) is 0 Å². The third kappa shape index (κ3) is 6.55. The van der Waals surface area contributed by atoms with Crippen molar-refractivity contribution in [1.29, 1.82) is 0 Å². The molecule has 0 unspecified atom stereocenters. The Bertz CT molecular complexity index is 656. The lowest BCUT2D eigenvalue weighted by Gasteiger charge is -2.30.